The summed E-state index contributed by atoms with van der Waals surface area (Å²) in [5.41, 5.74) is 1.41. The lowest BCUT2D eigenvalue weighted by Crippen LogP contribution is -1.83. The number of allylic oxidation sites excluding steroid dienone is 2. The van der Waals surface area contributed by atoms with Crippen LogP contribution in [0.15, 0.2) is 55.6 Å². The molecule has 0 aliphatic rings. The van der Waals surface area contributed by atoms with Gasteiger partial charge in [0.15, 0.2) is 0 Å². The van der Waals surface area contributed by atoms with Crippen LogP contribution < -0.4 is 0 Å². The van der Waals surface area contributed by atoms with Gasteiger partial charge >= 0.3 is 0 Å². The van der Waals surface area contributed by atoms with Crippen LogP contribution in [0.5, 0.6) is 0 Å². The number of hydrogen-bond acceptors (Lipinski definition) is 0. The van der Waals surface area contributed by atoms with Gasteiger partial charge in [-0.15, -0.1) is 0 Å². The number of benzene rings is 1. The van der Waals surface area contributed by atoms with Crippen molar-refractivity contribution in [1.82, 2.24) is 0 Å². The molecule has 1 aromatic carbocycles. The molecular formula is C15H24. The van der Waals surface area contributed by atoms with Gasteiger partial charge in [-0.2, -0.15) is 0 Å². The van der Waals surface area contributed by atoms with Crippen LogP contribution in [0.1, 0.15) is 39.2 Å². The topological polar surface area (TPSA) is 0 Å². The van der Waals surface area contributed by atoms with Crippen molar-refractivity contribution in [1.29, 1.82) is 0 Å². The zero-order valence-electron chi connectivity index (χ0n) is 10.5. The average Bonchev–Trinajstić information content (AvgIpc) is 2.33. The zero-order chi connectivity index (χ0) is 12.1. The molecule has 0 aliphatic heterocycles. The Bertz CT molecular complexity index is 225. The molecule has 0 saturated carbocycles. The minimum absolute atomic E-state index is 0.659. The molecule has 0 fully saturated rings. The van der Waals surface area contributed by atoms with E-state index in [1.807, 2.05) is 19.9 Å². The molecule has 84 valence electrons. The monoisotopic (exact) mass is 204 g/mol. The highest BCUT2D eigenvalue weighted by Gasteiger charge is 1.93. The standard InChI is InChI=1S/C9H12.C4H6.C2H6/c1-8(2)9-6-4-3-5-7-9;1-3-4-2;1-2/h3-8H,1-2H3;3-4H,1-2H2;1-2H3. The largest absolute Gasteiger partial charge is 0.0991 e. The van der Waals surface area contributed by atoms with Crippen LogP contribution in [0.2, 0.25) is 0 Å². The molecule has 0 radical (unpaired) electrons. The maximum Gasteiger partial charge on any atom is -0.0219 e. The molecule has 0 amide bonds. The minimum atomic E-state index is 0.659. The lowest BCUT2D eigenvalue weighted by molar-refractivity contribution is 0.867. The fourth-order valence-electron chi connectivity index (χ4n) is 0.838. The summed E-state index contributed by atoms with van der Waals surface area (Å²) in [6.07, 6.45) is 3.28. The van der Waals surface area contributed by atoms with E-state index in [1.165, 1.54) is 5.56 Å². The van der Waals surface area contributed by atoms with Gasteiger partial charge in [0.05, 0.1) is 0 Å². The van der Waals surface area contributed by atoms with Crippen LogP contribution in [-0.4, -0.2) is 0 Å². The van der Waals surface area contributed by atoms with E-state index in [9.17, 15) is 0 Å². The van der Waals surface area contributed by atoms with Gasteiger partial charge in [0.1, 0.15) is 0 Å². The van der Waals surface area contributed by atoms with Gasteiger partial charge in [-0.3, -0.25) is 0 Å². The van der Waals surface area contributed by atoms with Gasteiger partial charge in [-0.05, 0) is 11.5 Å². The fraction of sp³-hybridized carbons (Fsp3) is 0.333. The van der Waals surface area contributed by atoms with E-state index in [2.05, 4.69) is 51.3 Å². The summed E-state index contributed by atoms with van der Waals surface area (Å²) in [7, 11) is 0. The van der Waals surface area contributed by atoms with Crippen molar-refractivity contribution in [3.05, 3.63) is 61.2 Å². The van der Waals surface area contributed by atoms with Crippen molar-refractivity contribution in [3.63, 3.8) is 0 Å². The molecule has 1 rings (SSSR count). The molecule has 1 aromatic rings. The summed E-state index contributed by atoms with van der Waals surface area (Å²) >= 11 is 0. The summed E-state index contributed by atoms with van der Waals surface area (Å²) < 4.78 is 0. The van der Waals surface area contributed by atoms with Crippen molar-refractivity contribution in [2.75, 3.05) is 0 Å². The Kier molecular flexibility index (Phi) is 13.7. The van der Waals surface area contributed by atoms with Gasteiger partial charge in [0, 0.05) is 0 Å². The smallest absolute Gasteiger partial charge is 0.0219 e. The van der Waals surface area contributed by atoms with Crippen molar-refractivity contribution in [2.45, 2.75) is 33.6 Å². The highest BCUT2D eigenvalue weighted by molar-refractivity contribution is 5.17. The van der Waals surface area contributed by atoms with E-state index in [1.54, 1.807) is 12.2 Å². The molecule has 15 heavy (non-hydrogen) atoms. The summed E-state index contributed by atoms with van der Waals surface area (Å²) in [4.78, 5) is 0. The molecule has 0 atom stereocenters. The summed E-state index contributed by atoms with van der Waals surface area (Å²) in [5.74, 6) is 0.659. The third-order valence-electron chi connectivity index (χ3n) is 1.63. The van der Waals surface area contributed by atoms with Crippen LogP contribution in [0.25, 0.3) is 0 Å². The second-order valence-electron chi connectivity index (χ2n) is 3.04. The van der Waals surface area contributed by atoms with E-state index >= 15 is 0 Å². The van der Waals surface area contributed by atoms with E-state index in [0.717, 1.165) is 0 Å². The third-order valence-corrected chi connectivity index (χ3v) is 1.63. The summed E-state index contributed by atoms with van der Waals surface area (Å²) in [5, 5.41) is 0. The molecule has 0 saturated heterocycles. The van der Waals surface area contributed by atoms with E-state index in [4.69, 9.17) is 0 Å². The zero-order valence-corrected chi connectivity index (χ0v) is 10.5. The van der Waals surface area contributed by atoms with Gasteiger partial charge < -0.3 is 0 Å². The Balaban J connectivity index is 0. The fourth-order valence-corrected chi connectivity index (χ4v) is 0.838. The van der Waals surface area contributed by atoms with E-state index < -0.39 is 0 Å². The minimum Gasteiger partial charge on any atom is -0.0991 e. The molecule has 0 spiro atoms. The Morgan fingerprint density at radius 2 is 1.33 bits per heavy atom. The van der Waals surface area contributed by atoms with Crippen molar-refractivity contribution < 1.29 is 0 Å². The molecule has 0 unspecified atom stereocenters. The Labute approximate surface area is 95.3 Å². The third kappa shape index (κ3) is 10.6. The van der Waals surface area contributed by atoms with Crippen LogP contribution in [0.4, 0.5) is 0 Å². The van der Waals surface area contributed by atoms with E-state index in [0.29, 0.717) is 5.92 Å². The predicted octanol–water partition coefficient (Wildman–Crippen LogP) is 5.19. The summed E-state index contributed by atoms with van der Waals surface area (Å²) in [6, 6.07) is 10.5. The van der Waals surface area contributed by atoms with Crippen LogP contribution in [-0.2, 0) is 0 Å². The second kappa shape index (κ2) is 12.7. The molecule has 0 heterocycles. The first-order valence-corrected chi connectivity index (χ1v) is 5.50. The first-order chi connectivity index (χ1) is 7.22. The first-order valence-electron chi connectivity index (χ1n) is 5.50. The molecule has 0 bridgehead atoms. The van der Waals surface area contributed by atoms with Crippen LogP contribution >= 0.6 is 0 Å². The number of rotatable bonds is 2. The van der Waals surface area contributed by atoms with Crippen LogP contribution in [0.3, 0.4) is 0 Å². The molecule has 0 nitrogen and oxygen atoms in total. The second-order valence-corrected chi connectivity index (χ2v) is 3.04. The normalized spacial score (nSPS) is 7.80. The SMILES string of the molecule is C=CC=C.CC.CC(C)c1ccccc1. The average molecular weight is 204 g/mol. The van der Waals surface area contributed by atoms with Gasteiger partial charge in [-0.25, -0.2) is 0 Å². The number of hydrogen-bond donors (Lipinski definition) is 0. The summed E-state index contributed by atoms with van der Waals surface area (Å²) in [6.45, 7) is 15.1. The Morgan fingerprint density at radius 3 is 1.53 bits per heavy atom. The quantitative estimate of drug-likeness (QED) is 0.581. The Hall–Kier alpha value is -1.30. The van der Waals surface area contributed by atoms with Crippen LogP contribution in [0, 0.1) is 0 Å². The predicted molar refractivity (Wildman–Crippen MR) is 72.3 cm³/mol. The Morgan fingerprint density at radius 1 is 0.933 bits per heavy atom. The highest BCUT2D eigenvalue weighted by atomic mass is 14.0. The molecule has 0 aromatic heterocycles. The van der Waals surface area contributed by atoms with Gasteiger partial charge in [0.2, 0.25) is 0 Å². The van der Waals surface area contributed by atoms with Crippen molar-refractivity contribution in [2.24, 2.45) is 0 Å². The van der Waals surface area contributed by atoms with Gasteiger partial charge in [0.25, 0.3) is 0 Å². The lowest BCUT2D eigenvalue weighted by atomic mass is 10.0. The first kappa shape index (κ1) is 16.1. The molecule has 0 heteroatoms. The molecule has 0 N–H and O–H groups in total. The van der Waals surface area contributed by atoms with Gasteiger partial charge in [-0.1, -0.05) is 83.3 Å². The molecular weight excluding hydrogens is 180 g/mol. The maximum absolute atomic E-state index is 3.36. The van der Waals surface area contributed by atoms with E-state index in [-0.39, 0.29) is 0 Å². The molecule has 0 aliphatic carbocycles. The lowest BCUT2D eigenvalue weighted by Gasteiger charge is -2.01. The van der Waals surface area contributed by atoms with Crippen molar-refractivity contribution >= 4 is 0 Å². The maximum atomic E-state index is 3.36. The van der Waals surface area contributed by atoms with Crippen molar-refractivity contribution in [3.8, 4) is 0 Å². The highest BCUT2D eigenvalue weighted by Crippen LogP contribution is 2.11.